The molecule has 2 aromatic rings. The van der Waals surface area contributed by atoms with Gasteiger partial charge in [-0.05, 0) is 55.5 Å². The molecule has 2 aromatic carbocycles. The van der Waals surface area contributed by atoms with Gasteiger partial charge in [-0.25, -0.2) is 0 Å². The van der Waals surface area contributed by atoms with Gasteiger partial charge in [0.25, 0.3) is 5.91 Å². The predicted molar refractivity (Wildman–Crippen MR) is 124 cm³/mol. The normalized spacial score (nSPS) is 19.4. The summed E-state index contributed by atoms with van der Waals surface area (Å²) in [5, 5.41) is 0. The average Bonchev–Trinajstić information content (AvgIpc) is 3.25. The van der Waals surface area contributed by atoms with Crippen molar-refractivity contribution < 1.29 is 14.4 Å². The van der Waals surface area contributed by atoms with Gasteiger partial charge in [-0.15, -0.1) is 0 Å². The molecule has 1 atom stereocenters. The SMILES string of the molecule is CN(C)C(=O)c1ccc2c(c1)N(CC(=O)N1CCc3ccccc31)C(=O)C1CCCCN21. The van der Waals surface area contributed by atoms with E-state index in [0.29, 0.717) is 17.8 Å². The monoisotopic (exact) mass is 432 g/mol. The molecule has 0 radical (unpaired) electrons. The fraction of sp³-hybridized carbons (Fsp3) is 0.400. The zero-order chi connectivity index (χ0) is 22.4. The summed E-state index contributed by atoms with van der Waals surface area (Å²) < 4.78 is 0. The molecule has 32 heavy (non-hydrogen) atoms. The lowest BCUT2D eigenvalue weighted by atomic mass is 9.95. The number of carbonyl (C=O) groups excluding carboxylic acids is 3. The summed E-state index contributed by atoms with van der Waals surface area (Å²) in [6.07, 6.45) is 3.64. The number of piperidine rings is 1. The molecule has 0 aliphatic carbocycles. The lowest BCUT2D eigenvalue weighted by Gasteiger charge is -2.45. The number of nitrogens with zero attached hydrogens (tertiary/aromatic N) is 4. The molecule has 0 bridgehead atoms. The van der Waals surface area contributed by atoms with Gasteiger partial charge in [-0.2, -0.15) is 0 Å². The van der Waals surface area contributed by atoms with Crippen LogP contribution in [0.2, 0.25) is 0 Å². The van der Waals surface area contributed by atoms with E-state index in [2.05, 4.69) is 4.90 Å². The Morgan fingerprint density at radius 3 is 2.62 bits per heavy atom. The van der Waals surface area contributed by atoms with Crippen molar-refractivity contribution in [3.8, 4) is 0 Å². The number of benzene rings is 2. The van der Waals surface area contributed by atoms with Crippen LogP contribution in [0.15, 0.2) is 42.5 Å². The Kier molecular flexibility index (Phi) is 5.12. The first-order valence-corrected chi connectivity index (χ1v) is 11.3. The van der Waals surface area contributed by atoms with Gasteiger partial charge < -0.3 is 14.7 Å². The van der Waals surface area contributed by atoms with Crippen LogP contribution in [0, 0.1) is 0 Å². The maximum atomic E-state index is 13.6. The quantitative estimate of drug-likeness (QED) is 0.748. The molecule has 0 N–H and O–H groups in total. The summed E-state index contributed by atoms with van der Waals surface area (Å²) in [5.41, 5.74) is 4.18. The summed E-state index contributed by atoms with van der Waals surface area (Å²) in [6.45, 7) is 1.41. The van der Waals surface area contributed by atoms with Crippen LogP contribution in [0.5, 0.6) is 0 Å². The molecule has 3 aliphatic rings. The molecule has 3 heterocycles. The number of hydrogen-bond donors (Lipinski definition) is 0. The maximum absolute atomic E-state index is 13.6. The van der Waals surface area contributed by atoms with Gasteiger partial charge >= 0.3 is 0 Å². The highest BCUT2D eigenvalue weighted by Gasteiger charge is 2.41. The second-order valence-electron chi connectivity index (χ2n) is 8.96. The van der Waals surface area contributed by atoms with Crippen molar-refractivity contribution in [2.24, 2.45) is 0 Å². The number of carbonyl (C=O) groups is 3. The fourth-order valence-electron chi connectivity index (χ4n) is 5.13. The number of amides is 3. The molecule has 0 saturated carbocycles. The van der Waals surface area contributed by atoms with E-state index in [1.807, 2.05) is 36.4 Å². The van der Waals surface area contributed by atoms with Gasteiger partial charge in [-0.1, -0.05) is 18.2 Å². The van der Waals surface area contributed by atoms with Crippen molar-refractivity contribution in [3.05, 3.63) is 53.6 Å². The van der Waals surface area contributed by atoms with Crippen molar-refractivity contribution in [3.63, 3.8) is 0 Å². The highest BCUT2D eigenvalue weighted by Crippen LogP contribution is 2.40. The van der Waals surface area contributed by atoms with E-state index in [0.717, 1.165) is 49.2 Å². The lowest BCUT2D eigenvalue weighted by molar-refractivity contribution is -0.123. The van der Waals surface area contributed by atoms with Gasteiger partial charge in [0, 0.05) is 38.4 Å². The van der Waals surface area contributed by atoms with E-state index >= 15 is 0 Å². The second-order valence-corrected chi connectivity index (χ2v) is 8.96. The Hall–Kier alpha value is -3.35. The van der Waals surface area contributed by atoms with E-state index in [1.165, 1.54) is 4.90 Å². The largest absolute Gasteiger partial charge is 0.358 e. The van der Waals surface area contributed by atoms with Gasteiger partial charge in [0.05, 0.1) is 11.4 Å². The minimum atomic E-state index is -0.245. The van der Waals surface area contributed by atoms with Gasteiger partial charge in [0.1, 0.15) is 12.6 Å². The highest BCUT2D eigenvalue weighted by atomic mass is 16.2. The molecule has 5 rings (SSSR count). The van der Waals surface area contributed by atoms with Crippen LogP contribution < -0.4 is 14.7 Å². The fourth-order valence-corrected chi connectivity index (χ4v) is 5.13. The molecule has 1 fully saturated rings. The van der Waals surface area contributed by atoms with E-state index in [4.69, 9.17) is 0 Å². The van der Waals surface area contributed by atoms with Crippen molar-refractivity contribution in [1.29, 1.82) is 0 Å². The van der Waals surface area contributed by atoms with E-state index in [-0.39, 0.29) is 30.3 Å². The van der Waals surface area contributed by atoms with Crippen molar-refractivity contribution in [2.45, 2.75) is 31.7 Å². The van der Waals surface area contributed by atoms with Gasteiger partial charge in [-0.3, -0.25) is 19.3 Å². The zero-order valence-electron chi connectivity index (χ0n) is 18.6. The van der Waals surface area contributed by atoms with Crippen molar-refractivity contribution >= 4 is 34.8 Å². The van der Waals surface area contributed by atoms with Crippen LogP contribution in [0.4, 0.5) is 17.1 Å². The predicted octanol–water partition coefficient (Wildman–Crippen LogP) is 2.68. The Morgan fingerprint density at radius 1 is 1.00 bits per heavy atom. The third kappa shape index (κ3) is 3.32. The molecule has 0 aromatic heterocycles. The summed E-state index contributed by atoms with van der Waals surface area (Å²) in [5.74, 6) is -0.268. The van der Waals surface area contributed by atoms with Crippen LogP contribution >= 0.6 is 0 Å². The first-order chi connectivity index (χ1) is 15.5. The van der Waals surface area contributed by atoms with Crippen LogP contribution in [-0.2, 0) is 16.0 Å². The molecule has 7 heteroatoms. The summed E-state index contributed by atoms with van der Waals surface area (Å²) in [4.78, 5) is 46.6. The molecule has 1 unspecified atom stereocenters. The first kappa shape index (κ1) is 20.5. The van der Waals surface area contributed by atoms with Crippen molar-refractivity contribution in [2.75, 3.05) is 48.4 Å². The minimum Gasteiger partial charge on any atom is -0.358 e. The third-order valence-electron chi connectivity index (χ3n) is 6.76. The Labute approximate surface area is 188 Å². The number of rotatable bonds is 3. The molecule has 0 spiro atoms. The van der Waals surface area contributed by atoms with E-state index < -0.39 is 0 Å². The Balaban J connectivity index is 1.51. The summed E-state index contributed by atoms with van der Waals surface area (Å²) in [6, 6.07) is 13.2. The van der Waals surface area contributed by atoms with E-state index in [9.17, 15) is 14.4 Å². The zero-order valence-corrected chi connectivity index (χ0v) is 18.6. The van der Waals surface area contributed by atoms with Crippen LogP contribution in [0.3, 0.4) is 0 Å². The smallest absolute Gasteiger partial charge is 0.253 e. The van der Waals surface area contributed by atoms with Gasteiger partial charge in [0.2, 0.25) is 11.8 Å². The van der Waals surface area contributed by atoms with Crippen LogP contribution in [0.1, 0.15) is 35.2 Å². The first-order valence-electron chi connectivity index (χ1n) is 11.3. The number of fused-ring (bicyclic) bond motifs is 4. The third-order valence-corrected chi connectivity index (χ3v) is 6.76. The number of para-hydroxylation sites is 1. The molecule has 1 saturated heterocycles. The summed E-state index contributed by atoms with van der Waals surface area (Å²) in [7, 11) is 3.42. The van der Waals surface area contributed by atoms with E-state index in [1.54, 1.807) is 30.0 Å². The highest BCUT2D eigenvalue weighted by molar-refractivity contribution is 6.11. The topological polar surface area (TPSA) is 64.2 Å². The molecular weight excluding hydrogens is 404 g/mol. The lowest BCUT2D eigenvalue weighted by Crippen LogP contribution is -2.57. The number of hydrogen-bond acceptors (Lipinski definition) is 4. The Bertz CT molecular complexity index is 1100. The Morgan fingerprint density at radius 2 is 1.81 bits per heavy atom. The maximum Gasteiger partial charge on any atom is 0.253 e. The van der Waals surface area contributed by atoms with Gasteiger partial charge in [0.15, 0.2) is 0 Å². The average molecular weight is 433 g/mol. The number of anilines is 3. The molecule has 166 valence electrons. The van der Waals surface area contributed by atoms with Crippen LogP contribution in [0.25, 0.3) is 0 Å². The standard InChI is InChI=1S/C25H28N4O3/c1-26(2)24(31)18-10-11-20-22(15-18)29(25(32)21-9-5-6-13-27(20)21)16-23(30)28-14-12-17-7-3-4-8-19(17)28/h3-4,7-8,10-11,15,21H,5-6,9,12-14,16H2,1-2H3. The molecule has 7 nitrogen and oxygen atoms in total. The molecule has 3 amide bonds. The molecular formula is C25H28N4O3. The minimum absolute atomic E-state index is 0.0237. The molecule has 3 aliphatic heterocycles. The summed E-state index contributed by atoms with van der Waals surface area (Å²) >= 11 is 0. The second kappa shape index (κ2) is 7.97. The van der Waals surface area contributed by atoms with Crippen molar-refractivity contribution in [1.82, 2.24) is 4.90 Å². The van der Waals surface area contributed by atoms with Crippen LogP contribution in [-0.4, -0.2) is 62.4 Å².